The monoisotopic (exact) mass is 600 g/mol. The smallest absolute Gasteiger partial charge is 0.319 e. The molecule has 4 aliphatic heterocycles. The van der Waals surface area contributed by atoms with Crippen LogP contribution >= 0.6 is 11.6 Å². The van der Waals surface area contributed by atoms with Crippen LogP contribution in [-0.4, -0.2) is 71.4 Å². The molecule has 7 nitrogen and oxygen atoms in total. The number of halogens is 3. The number of alkyl halides is 1. The Morgan fingerprint density at radius 3 is 2.70 bits per heavy atom. The predicted molar refractivity (Wildman–Crippen MR) is 163 cm³/mol. The average molecular weight is 601 g/mol. The Bertz CT molecular complexity index is 1800. The number of hydrogen-bond acceptors (Lipinski definition) is 7. The Morgan fingerprint density at radius 2 is 1.88 bits per heavy atom. The Hall–Kier alpha value is -3.58. The number of anilines is 1. The molecule has 1 N–H and O–H groups in total. The van der Waals surface area contributed by atoms with Gasteiger partial charge >= 0.3 is 6.01 Å². The highest BCUT2D eigenvalue weighted by molar-refractivity contribution is 6.35. The molecule has 0 radical (unpaired) electrons. The van der Waals surface area contributed by atoms with E-state index in [0.29, 0.717) is 47.4 Å². The van der Waals surface area contributed by atoms with Crippen molar-refractivity contribution in [2.45, 2.75) is 55.9 Å². The SMILES string of the molecule is N#Cc1ccc2ccccc2c1-c1c(Cl)cc2c(N3CC4CCC(C3)N4)nc(OC[C@@]34CCCN3C[C@H](F)C4)nc2c1F. The molecular formula is C33H31ClF2N6O. The number of ether oxygens (including phenoxy) is 1. The first kappa shape index (κ1) is 27.0. The van der Waals surface area contributed by atoms with Gasteiger partial charge < -0.3 is 15.0 Å². The highest BCUT2D eigenvalue weighted by Gasteiger charge is 2.49. The van der Waals surface area contributed by atoms with Crippen LogP contribution in [0.3, 0.4) is 0 Å². The summed E-state index contributed by atoms with van der Waals surface area (Å²) in [5, 5.41) is 15.9. The van der Waals surface area contributed by atoms with Crippen molar-refractivity contribution in [2.24, 2.45) is 0 Å². The minimum Gasteiger partial charge on any atom is -0.461 e. The van der Waals surface area contributed by atoms with Gasteiger partial charge in [0.2, 0.25) is 0 Å². The van der Waals surface area contributed by atoms with Gasteiger partial charge in [0.1, 0.15) is 24.1 Å². The van der Waals surface area contributed by atoms with E-state index >= 15 is 4.39 Å². The van der Waals surface area contributed by atoms with E-state index in [9.17, 15) is 9.65 Å². The summed E-state index contributed by atoms with van der Waals surface area (Å²) in [4.78, 5) is 13.8. The second-order valence-corrected chi connectivity index (χ2v) is 12.9. The lowest BCUT2D eigenvalue weighted by Gasteiger charge is -2.34. The van der Waals surface area contributed by atoms with Gasteiger partial charge in [0, 0.05) is 54.7 Å². The summed E-state index contributed by atoms with van der Waals surface area (Å²) < 4.78 is 37.7. The summed E-state index contributed by atoms with van der Waals surface area (Å²) >= 11 is 6.91. The molecule has 0 aliphatic carbocycles. The molecule has 1 aromatic heterocycles. The van der Waals surface area contributed by atoms with Gasteiger partial charge in [-0.25, -0.2) is 8.78 Å². The van der Waals surface area contributed by atoms with E-state index in [1.54, 1.807) is 12.1 Å². The number of nitrogens with zero attached hydrogens (tertiary/aromatic N) is 5. The lowest BCUT2D eigenvalue weighted by Crippen LogP contribution is -2.51. The van der Waals surface area contributed by atoms with Gasteiger partial charge in [-0.15, -0.1) is 0 Å². The van der Waals surface area contributed by atoms with Crippen LogP contribution in [0.25, 0.3) is 32.8 Å². The zero-order valence-corrected chi connectivity index (χ0v) is 24.4. The summed E-state index contributed by atoms with van der Waals surface area (Å²) in [5.41, 5.74) is 0.604. The Morgan fingerprint density at radius 1 is 1.07 bits per heavy atom. The van der Waals surface area contributed by atoms with Crippen LogP contribution < -0.4 is 15.0 Å². The van der Waals surface area contributed by atoms with Crippen LogP contribution in [-0.2, 0) is 0 Å². The maximum atomic E-state index is 16.9. The fourth-order valence-corrected chi connectivity index (χ4v) is 8.23. The molecule has 4 atom stereocenters. The van der Waals surface area contributed by atoms with Gasteiger partial charge in [-0.05, 0) is 55.1 Å². The third-order valence-corrected chi connectivity index (χ3v) is 10.2. The van der Waals surface area contributed by atoms with Gasteiger partial charge in [0.05, 0.1) is 22.2 Å². The van der Waals surface area contributed by atoms with Gasteiger partial charge in [-0.3, -0.25) is 4.90 Å². The molecule has 3 aromatic carbocycles. The highest BCUT2D eigenvalue weighted by Crippen LogP contribution is 2.44. The molecule has 4 aliphatic rings. The molecule has 0 amide bonds. The lowest BCUT2D eigenvalue weighted by molar-refractivity contribution is 0.107. The molecular weight excluding hydrogens is 570 g/mol. The number of rotatable bonds is 5. The third kappa shape index (κ3) is 4.42. The van der Waals surface area contributed by atoms with Gasteiger partial charge in [-0.2, -0.15) is 15.2 Å². The van der Waals surface area contributed by atoms with Gasteiger partial charge in [0.25, 0.3) is 0 Å². The molecule has 4 saturated heterocycles. The van der Waals surface area contributed by atoms with Crippen molar-refractivity contribution in [1.82, 2.24) is 20.2 Å². The fourth-order valence-electron chi connectivity index (χ4n) is 7.95. The maximum Gasteiger partial charge on any atom is 0.319 e. The number of hydrogen-bond donors (Lipinski definition) is 1. The molecule has 43 heavy (non-hydrogen) atoms. The van der Waals surface area contributed by atoms with Crippen molar-refractivity contribution >= 4 is 39.1 Å². The van der Waals surface area contributed by atoms with Gasteiger partial charge in [-0.1, -0.05) is 41.9 Å². The first-order valence-corrected chi connectivity index (χ1v) is 15.4. The van der Waals surface area contributed by atoms with E-state index in [4.69, 9.17) is 21.3 Å². The largest absolute Gasteiger partial charge is 0.461 e. The van der Waals surface area contributed by atoms with Crippen LogP contribution in [0.15, 0.2) is 42.5 Å². The number of aromatic nitrogens is 2. The lowest BCUT2D eigenvalue weighted by atomic mass is 9.92. The second kappa shape index (κ2) is 10.3. The summed E-state index contributed by atoms with van der Waals surface area (Å²) in [6.45, 7) is 2.97. The molecule has 2 bridgehead atoms. The molecule has 4 fully saturated rings. The minimum atomic E-state index is -0.884. The van der Waals surface area contributed by atoms with Gasteiger partial charge in [0.15, 0.2) is 5.82 Å². The molecule has 4 aromatic rings. The van der Waals surface area contributed by atoms with E-state index in [0.717, 1.165) is 56.1 Å². The first-order chi connectivity index (χ1) is 20.9. The first-order valence-electron chi connectivity index (χ1n) is 15.1. The number of nitrogens with one attached hydrogen (secondary N) is 1. The van der Waals surface area contributed by atoms with Crippen molar-refractivity contribution in [1.29, 1.82) is 5.26 Å². The van der Waals surface area contributed by atoms with E-state index in [2.05, 4.69) is 26.2 Å². The van der Waals surface area contributed by atoms with Crippen LogP contribution in [0.1, 0.15) is 37.7 Å². The van der Waals surface area contributed by atoms with Crippen LogP contribution in [0.2, 0.25) is 5.02 Å². The average Bonchev–Trinajstić information content (AvgIpc) is 3.66. The van der Waals surface area contributed by atoms with E-state index in [-0.39, 0.29) is 34.3 Å². The number of nitriles is 1. The van der Waals surface area contributed by atoms with Crippen LogP contribution in [0, 0.1) is 17.1 Å². The van der Waals surface area contributed by atoms with Crippen LogP contribution in [0.5, 0.6) is 6.01 Å². The normalized spacial score (nSPS) is 26.7. The standard InChI is InChI=1S/C33H31ClF2N6O/c34-26-12-25-30(29(36)28(26)27-20(14-37)7-6-19-4-1-2-5-24(19)27)39-32(40-31(25)41-16-22-8-9-23(17-41)38-22)43-18-33-10-3-11-42(33)15-21(35)13-33/h1-2,4-7,12,21-23,38H,3,8-11,13,15-18H2/t21-,22?,23?,33+/m1/s1. The highest BCUT2D eigenvalue weighted by atomic mass is 35.5. The topological polar surface area (TPSA) is 77.3 Å². The van der Waals surface area contributed by atoms with Crippen molar-refractivity contribution in [3.05, 3.63) is 58.9 Å². The number of benzene rings is 3. The summed E-state index contributed by atoms with van der Waals surface area (Å²) in [6.07, 6.45) is 3.53. The van der Waals surface area contributed by atoms with Crippen molar-refractivity contribution in [3.63, 3.8) is 0 Å². The summed E-state index contributed by atoms with van der Waals surface area (Å²) in [7, 11) is 0. The zero-order valence-electron chi connectivity index (χ0n) is 23.6. The fraction of sp³-hybridized carbons (Fsp3) is 0.424. The van der Waals surface area contributed by atoms with Crippen LogP contribution in [0.4, 0.5) is 14.6 Å². The van der Waals surface area contributed by atoms with E-state index in [1.807, 2.05) is 30.3 Å². The van der Waals surface area contributed by atoms with Crippen molar-refractivity contribution < 1.29 is 13.5 Å². The Kier molecular flexibility index (Phi) is 6.44. The summed E-state index contributed by atoms with van der Waals surface area (Å²) in [6, 6.07) is 15.8. The maximum absolute atomic E-state index is 16.9. The summed E-state index contributed by atoms with van der Waals surface area (Å²) in [5.74, 6) is -0.0351. The number of fused-ring (bicyclic) bond motifs is 5. The molecule has 0 saturated carbocycles. The molecule has 2 unspecified atom stereocenters. The third-order valence-electron chi connectivity index (χ3n) is 9.89. The van der Waals surface area contributed by atoms with Crippen molar-refractivity contribution in [2.75, 3.05) is 37.7 Å². The van der Waals surface area contributed by atoms with Crippen molar-refractivity contribution in [3.8, 4) is 23.2 Å². The minimum absolute atomic E-state index is 0.0718. The second-order valence-electron chi connectivity index (χ2n) is 12.5. The van der Waals surface area contributed by atoms with E-state index in [1.165, 1.54) is 0 Å². The molecule has 5 heterocycles. The zero-order chi connectivity index (χ0) is 29.3. The predicted octanol–water partition coefficient (Wildman–Crippen LogP) is 6.01. The Balaban J connectivity index is 1.29. The Labute approximate surface area is 253 Å². The molecule has 0 spiro atoms. The number of piperazine rings is 1. The molecule has 8 rings (SSSR count). The molecule has 220 valence electrons. The molecule has 10 heteroatoms. The quantitative estimate of drug-likeness (QED) is 0.301. The van der Waals surface area contributed by atoms with E-state index < -0.39 is 12.0 Å².